The lowest BCUT2D eigenvalue weighted by Gasteiger charge is -2.25. The summed E-state index contributed by atoms with van der Waals surface area (Å²) >= 11 is 0. The average molecular weight is 1380 g/mol. The Morgan fingerprint density at radius 2 is 0.545 bits per heavy atom. The van der Waals surface area contributed by atoms with Gasteiger partial charge in [0.1, 0.15) is 13.2 Å². The number of ether oxygens (including phenoxy) is 4. The molecule has 0 heterocycles. The maximum atomic E-state index is 13.0. The zero-order valence-electron chi connectivity index (χ0n) is 64.9. The molecule has 99 heavy (non-hydrogen) atoms. The third-order valence-corrected chi connectivity index (χ3v) is 17.6. The Labute approximate surface area is 611 Å². The second-order valence-corrected chi connectivity index (χ2v) is 28.3. The number of carbonyl (C=O) groups excluding carboxylic acids is 2. The van der Waals surface area contributed by atoms with E-state index in [9.17, 15) is 19.5 Å². The maximum absolute atomic E-state index is 13.0. The van der Waals surface area contributed by atoms with Crippen LogP contribution in [0.5, 0.6) is 0 Å². The van der Waals surface area contributed by atoms with Crippen molar-refractivity contribution in [3.63, 3.8) is 0 Å². The number of rotatable bonds is 75. The molecule has 0 aromatic heterocycles. The number of hydrogen-bond acceptors (Lipinski definition) is 7. The van der Waals surface area contributed by atoms with Crippen LogP contribution in [0.15, 0.2) is 146 Å². The highest BCUT2D eigenvalue weighted by Gasteiger charge is 2.25. The number of hydrogen-bond donors (Lipinski definition) is 1. The van der Waals surface area contributed by atoms with E-state index in [1.807, 2.05) is 21.1 Å². The molecular formula is C90H154NO8+. The summed E-state index contributed by atoms with van der Waals surface area (Å²) in [5.41, 5.74) is 0. The van der Waals surface area contributed by atoms with E-state index in [2.05, 4.69) is 160 Å². The molecule has 0 saturated carbocycles. The minimum atomic E-state index is -1.52. The number of carboxylic acid groups (broad SMARTS) is 1. The number of likely N-dealkylation sites (N-methyl/N-ethyl adjacent to an activating group) is 1. The molecule has 0 aliphatic rings. The highest BCUT2D eigenvalue weighted by atomic mass is 16.7. The number of quaternary nitrogens is 1. The molecule has 0 spiro atoms. The van der Waals surface area contributed by atoms with Crippen LogP contribution in [-0.4, -0.2) is 87.4 Å². The van der Waals surface area contributed by atoms with Gasteiger partial charge in [-0.2, -0.15) is 0 Å². The van der Waals surface area contributed by atoms with Crippen molar-refractivity contribution in [1.82, 2.24) is 0 Å². The Hall–Kier alpha value is -4.83. The predicted molar refractivity (Wildman–Crippen MR) is 428 cm³/mol. The fourth-order valence-corrected chi connectivity index (χ4v) is 11.4. The largest absolute Gasteiger partial charge is 0.477 e. The van der Waals surface area contributed by atoms with E-state index >= 15 is 0 Å². The van der Waals surface area contributed by atoms with Crippen LogP contribution >= 0.6 is 0 Å². The van der Waals surface area contributed by atoms with Gasteiger partial charge in [0, 0.05) is 12.8 Å². The molecule has 0 amide bonds. The zero-order chi connectivity index (χ0) is 71.8. The van der Waals surface area contributed by atoms with Crippen LogP contribution in [0.4, 0.5) is 0 Å². The van der Waals surface area contributed by atoms with Gasteiger partial charge >= 0.3 is 17.9 Å². The van der Waals surface area contributed by atoms with E-state index in [0.717, 1.165) is 116 Å². The SMILES string of the molecule is CC/C=C\C/C=C\C/C=C\C/C=C\C/C=C\C/C=C\CCCCCCCCCCCCCCCCCCCCCCC(=O)OC(COC(=O)CCCCCCCCCCCCCCCCCC/C=C\C/C=C\C/C=C\C/C=C\C/C=C\C/C=C\CC)COC(OCC[N+](C)(C)C)C(=O)O. The van der Waals surface area contributed by atoms with Gasteiger partial charge in [0.15, 0.2) is 6.10 Å². The van der Waals surface area contributed by atoms with Crippen LogP contribution in [0.2, 0.25) is 0 Å². The summed E-state index contributed by atoms with van der Waals surface area (Å²) in [6, 6.07) is 0. The van der Waals surface area contributed by atoms with Crippen molar-refractivity contribution < 1.29 is 42.9 Å². The van der Waals surface area contributed by atoms with Crippen molar-refractivity contribution in [3.05, 3.63) is 146 Å². The van der Waals surface area contributed by atoms with Gasteiger partial charge in [-0.05, 0) is 116 Å². The van der Waals surface area contributed by atoms with Crippen molar-refractivity contribution in [1.29, 1.82) is 0 Å². The van der Waals surface area contributed by atoms with Crippen LogP contribution in [-0.2, 0) is 33.3 Å². The summed E-state index contributed by atoms with van der Waals surface area (Å²) in [7, 11) is 5.99. The summed E-state index contributed by atoms with van der Waals surface area (Å²) in [4.78, 5) is 37.8. The second-order valence-electron chi connectivity index (χ2n) is 28.3. The van der Waals surface area contributed by atoms with Crippen molar-refractivity contribution >= 4 is 17.9 Å². The molecule has 0 aliphatic carbocycles. The van der Waals surface area contributed by atoms with Gasteiger partial charge in [0.25, 0.3) is 6.29 Å². The lowest BCUT2D eigenvalue weighted by molar-refractivity contribution is -0.870. The van der Waals surface area contributed by atoms with Crippen LogP contribution in [0.25, 0.3) is 0 Å². The molecule has 9 heteroatoms. The van der Waals surface area contributed by atoms with Gasteiger partial charge in [0.2, 0.25) is 0 Å². The number of nitrogens with zero attached hydrogens (tertiary/aromatic N) is 1. The number of aliphatic carboxylic acids is 1. The van der Waals surface area contributed by atoms with Crippen molar-refractivity contribution in [2.75, 3.05) is 47.5 Å². The Kier molecular flexibility index (Phi) is 75.0. The fraction of sp³-hybridized carbons (Fsp3) is 0.700. The third kappa shape index (κ3) is 80.4. The third-order valence-electron chi connectivity index (χ3n) is 17.6. The summed E-state index contributed by atoms with van der Waals surface area (Å²) in [5.74, 6) is -1.99. The molecule has 2 atom stereocenters. The lowest BCUT2D eigenvalue weighted by Crippen LogP contribution is -2.40. The Morgan fingerprint density at radius 1 is 0.303 bits per heavy atom. The smallest absolute Gasteiger partial charge is 0.361 e. The second kappa shape index (κ2) is 78.9. The number of carboxylic acids is 1. The Bertz CT molecular complexity index is 2150. The average Bonchev–Trinajstić information content (AvgIpc) is 1.14. The molecule has 0 fully saturated rings. The molecule has 1 N–H and O–H groups in total. The number of unbranched alkanes of at least 4 members (excludes halogenated alkanes) is 36. The van der Waals surface area contributed by atoms with E-state index in [-0.39, 0.29) is 32.2 Å². The normalized spacial score (nSPS) is 13.4. The summed E-state index contributed by atoms with van der Waals surface area (Å²) in [6.07, 6.45) is 113. The molecule has 0 rings (SSSR count). The van der Waals surface area contributed by atoms with E-state index < -0.39 is 24.3 Å². The molecule has 0 aromatic carbocycles. The summed E-state index contributed by atoms with van der Waals surface area (Å²) in [5, 5.41) is 9.78. The summed E-state index contributed by atoms with van der Waals surface area (Å²) < 4.78 is 23.1. The van der Waals surface area contributed by atoms with Gasteiger partial charge in [-0.15, -0.1) is 0 Å². The van der Waals surface area contributed by atoms with Crippen LogP contribution < -0.4 is 0 Å². The first kappa shape index (κ1) is 94.2. The Morgan fingerprint density at radius 3 is 0.808 bits per heavy atom. The van der Waals surface area contributed by atoms with Crippen molar-refractivity contribution in [2.45, 2.75) is 360 Å². The minimum absolute atomic E-state index is 0.184. The van der Waals surface area contributed by atoms with Gasteiger partial charge in [-0.3, -0.25) is 9.59 Å². The maximum Gasteiger partial charge on any atom is 0.361 e. The molecule has 9 nitrogen and oxygen atoms in total. The van der Waals surface area contributed by atoms with Crippen LogP contribution in [0, 0.1) is 0 Å². The summed E-state index contributed by atoms with van der Waals surface area (Å²) in [6.45, 7) is 4.68. The van der Waals surface area contributed by atoms with Crippen molar-refractivity contribution in [2.24, 2.45) is 0 Å². The molecule has 0 bridgehead atoms. The molecular weight excluding hydrogens is 1220 g/mol. The Balaban J connectivity index is 4.01. The molecule has 566 valence electrons. The van der Waals surface area contributed by atoms with E-state index in [4.69, 9.17) is 18.9 Å². The predicted octanol–water partition coefficient (Wildman–Crippen LogP) is 26.6. The first-order valence-electron chi connectivity index (χ1n) is 41.0. The van der Waals surface area contributed by atoms with E-state index in [1.54, 1.807) is 0 Å². The molecule has 0 saturated heterocycles. The molecule has 0 aromatic rings. The topological polar surface area (TPSA) is 108 Å². The van der Waals surface area contributed by atoms with E-state index in [0.29, 0.717) is 17.4 Å². The highest BCUT2D eigenvalue weighted by Crippen LogP contribution is 2.19. The quantitative estimate of drug-likeness (QED) is 0.0211. The van der Waals surface area contributed by atoms with Crippen LogP contribution in [0.3, 0.4) is 0 Å². The standard InChI is InChI=1S/C90H153NO8/c1-6-8-10-12-14-16-18-20-22-24-26-28-30-32-34-36-38-40-42-43-44-45-47-49-51-53-55-57-59-61-63-65-67-69-71-73-75-77-79-81-88(93)99-86(85-98-90(89(94)95)96-83-82-91(3,4)5)84-97-87(92)80-78-76-74-72-70-68-66-64-62-60-58-56-54-52-50-48-46-41-39-37-35-33-31-29-27-25-23-21-19-17-15-13-11-9-7-2/h8-11,14-17,20-23,26-29,32-35,38-41,86,90H,6-7,12-13,18-19,24-25,30-31,36-37,42-85H2,1-5H3/p+1/b10-8-,11-9-,16-14-,17-15-,22-20-,23-21-,28-26-,29-27-,34-32-,35-33-,40-38-,41-39-. The van der Waals surface area contributed by atoms with Crippen LogP contribution in [0.1, 0.15) is 348 Å². The monoisotopic (exact) mass is 1380 g/mol. The molecule has 2 unspecified atom stereocenters. The molecule has 0 radical (unpaired) electrons. The molecule has 0 aliphatic heterocycles. The fourth-order valence-electron chi connectivity index (χ4n) is 11.4. The van der Waals surface area contributed by atoms with Crippen molar-refractivity contribution in [3.8, 4) is 0 Å². The highest BCUT2D eigenvalue weighted by molar-refractivity contribution is 5.71. The van der Waals surface area contributed by atoms with Gasteiger partial charge in [-0.25, -0.2) is 4.79 Å². The first-order chi connectivity index (χ1) is 48.6. The number of carbonyl (C=O) groups is 3. The first-order valence-corrected chi connectivity index (χ1v) is 41.0. The van der Waals surface area contributed by atoms with Gasteiger partial charge < -0.3 is 28.5 Å². The van der Waals surface area contributed by atoms with Gasteiger partial charge in [0.05, 0.1) is 34.4 Å². The number of allylic oxidation sites excluding steroid dienone is 24. The lowest BCUT2D eigenvalue weighted by atomic mass is 10.0. The van der Waals surface area contributed by atoms with E-state index in [1.165, 1.54) is 205 Å². The minimum Gasteiger partial charge on any atom is -0.477 e. The number of esters is 2. The zero-order valence-corrected chi connectivity index (χ0v) is 64.9. The van der Waals surface area contributed by atoms with Gasteiger partial charge in [-0.1, -0.05) is 365 Å².